The SMILES string of the molecule is CCc1cccc(CC)c1NC(=O)Nc1ccc(=O)[nH]n1. The van der Waals surface area contributed by atoms with Gasteiger partial charge < -0.3 is 5.32 Å². The van der Waals surface area contributed by atoms with Crippen LogP contribution in [-0.4, -0.2) is 16.2 Å². The van der Waals surface area contributed by atoms with Gasteiger partial charge in [0.1, 0.15) is 0 Å². The number of para-hydroxylation sites is 1. The lowest BCUT2D eigenvalue weighted by Gasteiger charge is -2.14. The van der Waals surface area contributed by atoms with Crippen LogP contribution < -0.4 is 16.2 Å². The third kappa shape index (κ3) is 3.68. The molecule has 0 unspecified atom stereocenters. The number of rotatable bonds is 4. The van der Waals surface area contributed by atoms with Crippen molar-refractivity contribution in [2.24, 2.45) is 0 Å². The molecule has 2 aromatic rings. The Hall–Kier alpha value is -2.63. The van der Waals surface area contributed by atoms with E-state index in [-0.39, 0.29) is 11.6 Å². The largest absolute Gasteiger partial charge is 0.324 e. The summed E-state index contributed by atoms with van der Waals surface area (Å²) in [7, 11) is 0. The molecule has 3 N–H and O–H groups in total. The molecule has 1 aromatic heterocycles. The Morgan fingerprint density at radius 2 is 1.76 bits per heavy atom. The van der Waals surface area contributed by atoms with Gasteiger partial charge in [-0.1, -0.05) is 32.0 Å². The fourth-order valence-corrected chi connectivity index (χ4v) is 2.08. The van der Waals surface area contributed by atoms with Crippen molar-refractivity contribution in [2.45, 2.75) is 26.7 Å². The van der Waals surface area contributed by atoms with E-state index in [0.717, 1.165) is 29.7 Å². The van der Waals surface area contributed by atoms with E-state index in [9.17, 15) is 9.59 Å². The van der Waals surface area contributed by atoms with Gasteiger partial charge in [0.2, 0.25) is 0 Å². The highest BCUT2D eigenvalue weighted by Crippen LogP contribution is 2.22. The average molecular weight is 286 g/mol. The summed E-state index contributed by atoms with van der Waals surface area (Å²) < 4.78 is 0. The second kappa shape index (κ2) is 6.69. The van der Waals surface area contributed by atoms with Gasteiger partial charge in [-0.15, -0.1) is 0 Å². The summed E-state index contributed by atoms with van der Waals surface area (Å²) in [5.41, 5.74) is 2.69. The van der Waals surface area contributed by atoms with Crippen LogP contribution in [0.3, 0.4) is 0 Å². The van der Waals surface area contributed by atoms with E-state index in [0.29, 0.717) is 5.82 Å². The first kappa shape index (κ1) is 14.8. The zero-order valence-corrected chi connectivity index (χ0v) is 12.1. The van der Waals surface area contributed by atoms with Gasteiger partial charge in [0.15, 0.2) is 5.82 Å². The number of aromatic amines is 1. The molecule has 1 heterocycles. The van der Waals surface area contributed by atoms with Crippen molar-refractivity contribution < 1.29 is 4.79 Å². The van der Waals surface area contributed by atoms with E-state index in [4.69, 9.17) is 0 Å². The number of aromatic nitrogens is 2. The zero-order valence-electron chi connectivity index (χ0n) is 12.1. The van der Waals surface area contributed by atoms with Crippen LogP contribution in [0, 0.1) is 0 Å². The Kier molecular flexibility index (Phi) is 4.71. The van der Waals surface area contributed by atoms with Gasteiger partial charge in [0.25, 0.3) is 5.56 Å². The van der Waals surface area contributed by atoms with Crippen LogP contribution in [0.5, 0.6) is 0 Å². The van der Waals surface area contributed by atoms with Crippen LogP contribution in [0.25, 0.3) is 0 Å². The van der Waals surface area contributed by atoms with Gasteiger partial charge >= 0.3 is 6.03 Å². The maximum absolute atomic E-state index is 12.0. The molecular formula is C15H18N4O2. The molecule has 0 spiro atoms. The molecule has 0 bridgehead atoms. The van der Waals surface area contributed by atoms with E-state index in [1.54, 1.807) is 0 Å². The summed E-state index contributed by atoms with van der Waals surface area (Å²) in [4.78, 5) is 23.0. The standard InChI is InChI=1S/C15H18N4O2/c1-3-10-6-5-7-11(4-2)14(10)17-15(21)16-12-8-9-13(20)19-18-12/h5-9H,3-4H2,1-2H3,(H,19,20)(H2,16,17,18,21). The van der Waals surface area contributed by atoms with Crippen molar-refractivity contribution >= 4 is 17.5 Å². The Morgan fingerprint density at radius 1 is 1.10 bits per heavy atom. The molecule has 6 nitrogen and oxygen atoms in total. The zero-order chi connectivity index (χ0) is 15.2. The van der Waals surface area contributed by atoms with Crippen LogP contribution >= 0.6 is 0 Å². The number of nitrogens with one attached hydrogen (secondary N) is 3. The van der Waals surface area contributed by atoms with Crippen LogP contribution in [0.1, 0.15) is 25.0 Å². The monoisotopic (exact) mass is 286 g/mol. The Balaban J connectivity index is 2.15. The number of aryl methyl sites for hydroxylation is 2. The molecule has 0 aliphatic heterocycles. The molecule has 6 heteroatoms. The first-order valence-corrected chi connectivity index (χ1v) is 6.88. The van der Waals surface area contributed by atoms with Crippen molar-refractivity contribution in [3.05, 3.63) is 51.8 Å². The predicted molar refractivity (Wildman–Crippen MR) is 82.7 cm³/mol. The quantitative estimate of drug-likeness (QED) is 0.807. The van der Waals surface area contributed by atoms with Gasteiger partial charge in [0, 0.05) is 11.8 Å². The molecule has 0 saturated carbocycles. The first-order valence-electron chi connectivity index (χ1n) is 6.88. The molecule has 21 heavy (non-hydrogen) atoms. The lowest BCUT2D eigenvalue weighted by atomic mass is 10.0. The van der Waals surface area contributed by atoms with Crippen LogP contribution in [0.15, 0.2) is 35.1 Å². The minimum absolute atomic E-state index is 0.291. The van der Waals surface area contributed by atoms with E-state index in [1.165, 1.54) is 12.1 Å². The summed E-state index contributed by atoms with van der Waals surface area (Å²) in [5.74, 6) is 0.291. The fraction of sp³-hybridized carbons (Fsp3) is 0.267. The molecule has 0 atom stereocenters. The molecule has 110 valence electrons. The molecule has 0 aliphatic carbocycles. The van der Waals surface area contributed by atoms with Crippen LogP contribution in [0.4, 0.5) is 16.3 Å². The summed E-state index contributed by atoms with van der Waals surface area (Å²) in [6, 6.07) is 8.35. The highest BCUT2D eigenvalue weighted by molar-refractivity contribution is 6.00. The number of H-pyrrole nitrogens is 1. The van der Waals surface area contributed by atoms with E-state index in [1.807, 2.05) is 32.0 Å². The van der Waals surface area contributed by atoms with E-state index in [2.05, 4.69) is 20.8 Å². The van der Waals surface area contributed by atoms with Gasteiger partial charge in [-0.05, 0) is 30.0 Å². The Morgan fingerprint density at radius 3 is 2.29 bits per heavy atom. The van der Waals surface area contributed by atoms with Gasteiger partial charge in [-0.3, -0.25) is 10.1 Å². The highest BCUT2D eigenvalue weighted by atomic mass is 16.2. The van der Waals surface area contributed by atoms with Crippen molar-refractivity contribution in [3.8, 4) is 0 Å². The summed E-state index contributed by atoms with van der Waals surface area (Å²) in [6.07, 6.45) is 1.67. The molecule has 0 aliphatic rings. The molecule has 0 radical (unpaired) electrons. The number of carbonyl (C=O) groups excluding carboxylic acids is 1. The molecule has 0 saturated heterocycles. The lowest BCUT2D eigenvalue weighted by molar-refractivity contribution is 0.262. The number of nitrogens with zero attached hydrogens (tertiary/aromatic N) is 1. The number of amides is 2. The number of anilines is 2. The summed E-state index contributed by atoms with van der Waals surface area (Å²) in [6.45, 7) is 4.09. The van der Waals surface area contributed by atoms with Gasteiger partial charge in [-0.25, -0.2) is 9.89 Å². The third-order valence-electron chi connectivity index (χ3n) is 3.16. The number of hydrogen-bond acceptors (Lipinski definition) is 3. The van der Waals surface area contributed by atoms with Crippen molar-refractivity contribution in [1.29, 1.82) is 0 Å². The van der Waals surface area contributed by atoms with Crippen LogP contribution in [-0.2, 0) is 12.8 Å². The maximum Gasteiger partial charge on any atom is 0.324 e. The molecule has 2 amide bonds. The number of hydrogen-bond donors (Lipinski definition) is 3. The van der Waals surface area contributed by atoms with E-state index >= 15 is 0 Å². The second-order valence-electron chi connectivity index (χ2n) is 4.54. The van der Waals surface area contributed by atoms with Crippen molar-refractivity contribution in [3.63, 3.8) is 0 Å². The van der Waals surface area contributed by atoms with Crippen molar-refractivity contribution in [1.82, 2.24) is 10.2 Å². The highest BCUT2D eigenvalue weighted by Gasteiger charge is 2.10. The first-order chi connectivity index (χ1) is 10.1. The molecular weight excluding hydrogens is 268 g/mol. The maximum atomic E-state index is 12.0. The van der Waals surface area contributed by atoms with E-state index < -0.39 is 0 Å². The Labute approximate surface area is 122 Å². The van der Waals surface area contributed by atoms with Gasteiger partial charge in [0.05, 0.1) is 0 Å². The minimum atomic E-state index is -0.384. The van der Waals surface area contributed by atoms with Crippen molar-refractivity contribution in [2.75, 3.05) is 10.6 Å². The lowest BCUT2D eigenvalue weighted by Crippen LogP contribution is -2.22. The minimum Gasteiger partial charge on any atom is -0.307 e. The smallest absolute Gasteiger partial charge is 0.307 e. The normalized spacial score (nSPS) is 10.2. The second-order valence-corrected chi connectivity index (χ2v) is 4.54. The average Bonchev–Trinajstić information content (AvgIpc) is 2.49. The predicted octanol–water partition coefficient (Wildman–Crippen LogP) is 2.54. The number of benzene rings is 1. The molecule has 2 rings (SSSR count). The van der Waals surface area contributed by atoms with Gasteiger partial charge in [-0.2, -0.15) is 5.10 Å². The summed E-state index contributed by atoms with van der Waals surface area (Å²) >= 11 is 0. The number of carbonyl (C=O) groups is 1. The summed E-state index contributed by atoms with van der Waals surface area (Å²) in [5, 5.41) is 11.5. The van der Waals surface area contributed by atoms with Crippen LogP contribution in [0.2, 0.25) is 0 Å². The topological polar surface area (TPSA) is 86.9 Å². The molecule has 0 fully saturated rings. The Bertz CT molecular complexity index is 652. The number of urea groups is 1. The third-order valence-corrected chi connectivity index (χ3v) is 3.16. The molecule has 1 aromatic carbocycles. The fourth-order valence-electron chi connectivity index (χ4n) is 2.08.